The lowest BCUT2D eigenvalue weighted by atomic mass is 10.1. The molecule has 1 unspecified atom stereocenters. The van der Waals surface area contributed by atoms with Gasteiger partial charge in [0.15, 0.2) is 0 Å². The first-order valence-corrected chi connectivity index (χ1v) is 10.4. The van der Waals surface area contributed by atoms with Crippen LogP contribution in [0, 0.1) is 6.92 Å². The summed E-state index contributed by atoms with van der Waals surface area (Å²) in [5.41, 5.74) is 3.78. The molecule has 0 spiro atoms. The Kier molecular flexibility index (Phi) is 5.62. The van der Waals surface area contributed by atoms with E-state index in [-0.39, 0.29) is 11.9 Å². The molecule has 4 rings (SSSR count). The first-order chi connectivity index (χ1) is 14.1. The quantitative estimate of drug-likeness (QED) is 0.589. The highest BCUT2D eigenvalue weighted by Crippen LogP contribution is 2.36. The minimum Gasteiger partial charge on any atom is -0.508 e. The molecule has 0 saturated heterocycles. The lowest BCUT2D eigenvalue weighted by Gasteiger charge is -2.12. The molecule has 0 fully saturated rings. The summed E-state index contributed by atoms with van der Waals surface area (Å²) in [4.78, 5) is 16.7. The number of nitrogens with zero attached hydrogens (tertiary/aromatic N) is 1. The molecule has 0 bridgehead atoms. The molecule has 0 saturated carbocycles. The van der Waals surface area contributed by atoms with Gasteiger partial charge in [-0.15, -0.1) is 11.3 Å². The van der Waals surface area contributed by atoms with Gasteiger partial charge in [0.2, 0.25) is 5.91 Å². The first kappa shape index (κ1) is 19.2. The first-order valence-electron chi connectivity index (χ1n) is 9.52. The van der Waals surface area contributed by atoms with Gasteiger partial charge in [-0.2, -0.15) is 0 Å². The topological polar surface area (TPSA) is 71.5 Å². The number of ether oxygens (including phenoxy) is 1. The van der Waals surface area contributed by atoms with Crippen LogP contribution in [0.2, 0.25) is 0 Å². The molecule has 1 atom stereocenters. The number of phenolic OH excluding ortho intramolecular Hbond substituents is 1. The van der Waals surface area contributed by atoms with Gasteiger partial charge in [-0.25, -0.2) is 4.98 Å². The van der Waals surface area contributed by atoms with Crippen molar-refractivity contribution in [2.45, 2.75) is 32.4 Å². The molecule has 1 heterocycles. The summed E-state index contributed by atoms with van der Waals surface area (Å²) in [5.74, 6) is 0.923. The number of thiazole rings is 1. The molecule has 3 aromatic rings. The number of benzene rings is 2. The molecule has 6 heteroatoms. The van der Waals surface area contributed by atoms with Crippen LogP contribution in [-0.4, -0.2) is 16.0 Å². The number of nitrogens with one attached hydrogen (secondary N) is 1. The zero-order chi connectivity index (χ0) is 20.2. The van der Waals surface area contributed by atoms with Crippen molar-refractivity contribution in [2.75, 3.05) is 0 Å². The highest BCUT2D eigenvalue weighted by atomic mass is 32.1. The number of amides is 1. The summed E-state index contributed by atoms with van der Waals surface area (Å²) in [6, 6.07) is 13.0. The summed E-state index contributed by atoms with van der Waals surface area (Å²) >= 11 is 1.61. The number of aromatic hydroxyl groups is 1. The number of rotatable bonds is 6. The van der Waals surface area contributed by atoms with E-state index >= 15 is 0 Å². The minimum absolute atomic E-state index is 0.0561. The number of hydrogen-bond donors (Lipinski definition) is 2. The smallest absolute Gasteiger partial charge is 0.244 e. The lowest BCUT2D eigenvalue weighted by molar-refractivity contribution is -0.117. The molecular formula is C23H22N2O3S. The van der Waals surface area contributed by atoms with Crippen molar-refractivity contribution in [1.29, 1.82) is 0 Å². The van der Waals surface area contributed by atoms with E-state index in [9.17, 15) is 9.90 Å². The molecule has 1 amide bonds. The largest absolute Gasteiger partial charge is 0.508 e. The van der Waals surface area contributed by atoms with Crippen molar-refractivity contribution in [3.05, 3.63) is 81.3 Å². The molecule has 29 heavy (non-hydrogen) atoms. The zero-order valence-corrected chi connectivity index (χ0v) is 16.9. The highest BCUT2D eigenvalue weighted by molar-refractivity contribution is 7.09. The number of phenols is 1. The van der Waals surface area contributed by atoms with Crippen molar-refractivity contribution in [1.82, 2.24) is 10.3 Å². The molecule has 2 N–H and O–H groups in total. The molecule has 1 aliphatic carbocycles. The highest BCUT2D eigenvalue weighted by Gasteiger charge is 2.25. The standard InChI is InChI=1S/C23H22N2O3S/c1-15-24-17(14-29-15)13-28-18-8-5-16(6-9-18)7-12-23(27)25-21-11-10-20-19(21)3-2-4-22(20)26/h2-9,12,14,21,26H,10-11,13H2,1H3,(H,25,27)/b12-7+. The van der Waals surface area contributed by atoms with Gasteiger partial charge in [-0.3, -0.25) is 4.79 Å². The molecule has 1 aliphatic rings. The SMILES string of the molecule is Cc1nc(COc2ccc(/C=C/C(=O)NC3CCc4c(O)cccc43)cc2)cs1. The van der Waals surface area contributed by atoms with Crippen LogP contribution in [-0.2, 0) is 17.8 Å². The van der Waals surface area contributed by atoms with Gasteiger partial charge in [0.05, 0.1) is 16.7 Å². The number of hydrogen-bond acceptors (Lipinski definition) is 5. The van der Waals surface area contributed by atoms with Gasteiger partial charge in [0.1, 0.15) is 18.1 Å². The van der Waals surface area contributed by atoms with Crippen LogP contribution in [0.3, 0.4) is 0 Å². The fourth-order valence-electron chi connectivity index (χ4n) is 3.48. The zero-order valence-electron chi connectivity index (χ0n) is 16.1. The normalized spacial score (nSPS) is 15.4. The lowest BCUT2D eigenvalue weighted by Crippen LogP contribution is -2.25. The number of aromatic nitrogens is 1. The van der Waals surface area contributed by atoms with Crippen molar-refractivity contribution in [3.8, 4) is 11.5 Å². The van der Waals surface area contributed by atoms with E-state index in [0.717, 1.165) is 46.0 Å². The van der Waals surface area contributed by atoms with Gasteiger partial charge in [-0.05, 0) is 60.7 Å². The number of carbonyl (C=O) groups excluding carboxylic acids is 1. The average Bonchev–Trinajstić information content (AvgIpc) is 3.33. The van der Waals surface area contributed by atoms with Gasteiger partial charge in [0, 0.05) is 11.5 Å². The van der Waals surface area contributed by atoms with Crippen LogP contribution >= 0.6 is 11.3 Å². The van der Waals surface area contributed by atoms with Crippen molar-refractivity contribution in [3.63, 3.8) is 0 Å². The predicted molar refractivity (Wildman–Crippen MR) is 114 cm³/mol. The van der Waals surface area contributed by atoms with Gasteiger partial charge in [-0.1, -0.05) is 24.3 Å². The molecule has 0 aliphatic heterocycles. The molecule has 2 aromatic carbocycles. The van der Waals surface area contributed by atoms with E-state index in [2.05, 4.69) is 10.3 Å². The summed E-state index contributed by atoms with van der Waals surface area (Å²) in [6.07, 6.45) is 4.89. The Bertz CT molecular complexity index is 1040. The number of aryl methyl sites for hydroxylation is 1. The fraction of sp³-hybridized carbons (Fsp3) is 0.217. The maximum atomic E-state index is 12.3. The molecular weight excluding hydrogens is 384 g/mol. The van der Waals surface area contributed by atoms with E-state index in [0.29, 0.717) is 12.4 Å². The molecule has 1 aromatic heterocycles. The van der Waals surface area contributed by atoms with Crippen molar-refractivity contribution < 1.29 is 14.6 Å². The summed E-state index contributed by atoms with van der Waals surface area (Å²) in [6.45, 7) is 2.42. The van der Waals surface area contributed by atoms with E-state index in [1.165, 1.54) is 6.08 Å². The third kappa shape index (κ3) is 4.66. The number of fused-ring (bicyclic) bond motifs is 1. The van der Waals surface area contributed by atoms with E-state index < -0.39 is 0 Å². The van der Waals surface area contributed by atoms with E-state index in [1.54, 1.807) is 23.5 Å². The van der Waals surface area contributed by atoms with E-state index in [4.69, 9.17) is 4.74 Å². The van der Waals surface area contributed by atoms with Crippen LogP contribution in [0.1, 0.15) is 39.9 Å². The molecule has 148 valence electrons. The predicted octanol–water partition coefficient (Wildman–Crippen LogP) is 4.55. The summed E-state index contributed by atoms with van der Waals surface area (Å²) < 4.78 is 5.74. The van der Waals surface area contributed by atoms with Crippen molar-refractivity contribution >= 4 is 23.3 Å². The minimum atomic E-state index is -0.148. The average molecular weight is 407 g/mol. The van der Waals surface area contributed by atoms with Crippen LogP contribution in [0.25, 0.3) is 6.08 Å². The summed E-state index contributed by atoms with van der Waals surface area (Å²) in [7, 11) is 0. The van der Waals surface area contributed by atoms with Crippen LogP contribution < -0.4 is 10.1 Å². The van der Waals surface area contributed by atoms with Crippen LogP contribution in [0.5, 0.6) is 11.5 Å². The molecule has 5 nitrogen and oxygen atoms in total. The third-order valence-corrected chi connectivity index (χ3v) is 5.75. The Morgan fingerprint density at radius 3 is 2.90 bits per heavy atom. The molecule has 0 radical (unpaired) electrons. The van der Waals surface area contributed by atoms with Gasteiger partial charge >= 0.3 is 0 Å². The number of carbonyl (C=O) groups is 1. The Morgan fingerprint density at radius 1 is 1.31 bits per heavy atom. The van der Waals surface area contributed by atoms with Gasteiger partial charge in [0.25, 0.3) is 0 Å². The third-order valence-electron chi connectivity index (χ3n) is 4.92. The monoisotopic (exact) mass is 406 g/mol. The van der Waals surface area contributed by atoms with E-state index in [1.807, 2.05) is 48.7 Å². The Balaban J connectivity index is 1.31. The Morgan fingerprint density at radius 2 is 2.14 bits per heavy atom. The second-order valence-electron chi connectivity index (χ2n) is 6.99. The van der Waals surface area contributed by atoms with Crippen LogP contribution in [0.4, 0.5) is 0 Å². The summed E-state index contributed by atoms with van der Waals surface area (Å²) in [5, 5.41) is 16.0. The second-order valence-corrected chi connectivity index (χ2v) is 8.06. The second kappa shape index (κ2) is 8.49. The van der Waals surface area contributed by atoms with Crippen molar-refractivity contribution in [2.24, 2.45) is 0 Å². The fourth-order valence-corrected chi connectivity index (χ4v) is 4.08. The maximum Gasteiger partial charge on any atom is 0.244 e. The van der Waals surface area contributed by atoms with Crippen LogP contribution in [0.15, 0.2) is 53.9 Å². The Labute approximate surface area is 173 Å². The van der Waals surface area contributed by atoms with Gasteiger partial charge < -0.3 is 15.2 Å². The maximum absolute atomic E-state index is 12.3. The Hall–Kier alpha value is -3.12.